The lowest BCUT2D eigenvalue weighted by Crippen LogP contribution is -2.52. The van der Waals surface area contributed by atoms with E-state index in [1.165, 1.54) is 0 Å². The Morgan fingerprint density at radius 3 is 1.68 bits per heavy atom. The Bertz CT molecular complexity index is 242. The molecule has 0 aromatic heterocycles. The van der Waals surface area contributed by atoms with Gasteiger partial charge in [0.1, 0.15) is 0 Å². The molecule has 0 aliphatic heterocycles. The van der Waals surface area contributed by atoms with Crippen LogP contribution >= 0.6 is 0 Å². The monoisotopic (exact) mass is 328 g/mol. The van der Waals surface area contributed by atoms with Crippen LogP contribution in [0.25, 0.3) is 0 Å². The van der Waals surface area contributed by atoms with Gasteiger partial charge in [0, 0.05) is 9.46 Å². The molecule has 0 saturated heterocycles. The summed E-state index contributed by atoms with van der Waals surface area (Å²) in [6.45, 7) is 16.7. The van der Waals surface area contributed by atoms with E-state index in [0.29, 0.717) is 13.2 Å². The molecule has 4 nitrogen and oxygen atoms in total. The minimum absolute atomic E-state index is 0. The van der Waals surface area contributed by atoms with Crippen LogP contribution in [0.4, 0.5) is 0 Å². The number of aliphatic hydroxyl groups excluding tert-OH is 1. The standard InChI is InChI=1S/C12H32O4Si3.2H2/c1-17(2,3)15-19(7,16-18(4,5)6)12-8-10-14-11-9-13;;/h13H,8-12H2,1-7H3;2*1H. The van der Waals surface area contributed by atoms with Gasteiger partial charge in [-0.3, -0.25) is 0 Å². The maximum absolute atomic E-state index is 8.68. The molecule has 0 heterocycles. The Hall–Kier alpha value is 0.491. The summed E-state index contributed by atoms with van der Waals surface area (Å²) in [6.07, 6.45) is 0.942. The van der Waals surface area contributed by atoms with E-state index >= 15 is 0 Å². The van der Waals surface area contributed by atoms with Crippen molar-refractivity contribution in [2.75, 3.05) is 19.8 Å². The van der Waals surface area contributed by atoms with E-state index in [2.05, 4.69) is 45.8 Å². The highest BCUT2D eigenvalue weighted by atomic mass is 28.5. The van der Waals surface area contributed by atoms with Gasteiger partial charge < -0.3 is 18.1 Å². The van der Waals surface area contributed by atoms with E-state index in [9.17, 15) is 0 Å². The van der Waals surface area contributed by atoms with Crippen LogP contribution in [0.5, 0.6) is 0 Å². The summed E-state index contributed by atoms with van der Waals surface area (Å²) in [6, 6.07) is 0.965. The Labute approximate surface area is 124 Å². The van der Waals surface area contributed by atoms with E-state index in [0.717, 1.165) is 12.5 Å². The summed E-state index contributed by atoms with van der Waals surface area (Å²) in [4.78, 5) is 0. The van der Waals surface area contributed by atoms with Crippen molar-refractivity contribution in [1.82, 2.24) is 0 Å². The summed E-state index contributed by atoms with van der Waals surface area (Å²) in [5.74, 6) is 0. The molecular formula is C12H36O4Si3. The van der Waals surface area contributed by atoms with Gasteiger partial charge in [0.25, 0.3) is 0 Å². The molecule has 0 radical (unpaired) electrons. The SMILES string of the molecule is C[Si](C)(C)O[Si](C)(CCCOCCO)O[Si](C)(C)C.[HH].[HH]. The number of hydrogen-bond donors (Lipinski definition) is 1. The minimum atomic E-state index is -2.10. The lowest BCUT2D eigenvalue weighted by molar-refractivity contribution is 0.0919. The number of hydrogen-bond acceptors (Lipinski definition) is 4. The molecule has 120 valence electrons. The Morgan fingerprint density at radius 1 is 0.842 bits per heavy atom. The third-order valence-electron chi connectivity index (χ3n) is 2.20. The molecule has 0 spiro atoms. The molecule has 7 heteroatoms. The molecule has 0 aromatic carbocycles. The normalized spacial score (nSPS) is 13.9. The summed E-state index contributed by atoms with van der Waals surface area (Å²) in [7, 11) is -5.28. The molecule has 0 atom stereocenters. The highest BCUT2D eigenvalue weighted by molar-refractivity contribution is 6.87. The number of aliphatic hydroxyl groups is 1. The fourth-order valence-electron chi connectivity index (χ4n) is 2.08. The van der Waals surface area contributed by atoms with Gasteiger partial charge in [-0.25, -0.2) is 0 Å². The second-order valence-electron chi connectivity index (χ2n) is 7.00. The van der Waals surface area contributed by atoms with Crippen molar-refractivity contribution in [2.24, 2.45) is 0 Å². The van der Waals surface area contributed by atoms with Gasteiger partial charge in [0.2, 0.25) is 0 Å². The molecule has 0 saturated carbocycles. The topological polar surface area (TPSA) is 47.9 Å². The Morgan fingerprint density at radius 2 is 1.32 bits per heavy atom. The highest BCUT2D eigenvalue weighted by Gasteiger charge is 2.39. The fraction of sp³-hybridized carbons (Fsp3) is 1.00. The van der Waals surface area contributed by atoms with E-state index in [-0.39, 0.29) is 9.46 Å². The largest absolute Gasteiger partial charge is 0.437 e. The van der Waals surface area contributed by atoms with Crippen LogP contribution in [-0.2, 0) is 13.0 Å². The number of rotatable bonds is 10. The Balaban J connectivity index is -0.00000162. The van der Waals surface area contributed by atoms with E-state index < -0.39 is 25.2 Å². The van der Waals surface area contributed by atoms with Crippen LogP contribution < -0.4 is 0 Å². The fourth-order valence-corrected chi connectivity index (χ4v) is 14.6. The van der Waals surface area contributed by atoms with Crippen molar-refractivity contribution in [3.63, 3.8) is 0 Å². The molecule has 1 N–H and O–H groups in total. The summed E-state index contributed by atoms with van der Waals surface area (Å²) >= 11 is 0. The predicted molar refractivity (Wildman–Crippen MR) is 92.0 cm³/mol. The quantitative estimate of drug-likeness (QED) is 0.491. The molecule has 0 rings (SSSR count). The van der Waals surface area contributed by atoms with Crippen LogP contribution in [0.15, 0.2) is 0 Å². The van der Waals surface area contributed by atoms with Crippen LogP contribution in [0.3, 0.4) is 0 Å². The highest BCUT2D eigenvalue weighted by Crippen LogP contribution is 2.25. The first-order valence-corrected chi connectivity index (χ1v) is 16.4. The lowest BCUT2D eigenvalue weighted by Gasteiger charge is -2.38. The smallest absolute Gasteiger partial charge is 0.314 e. The van der Waals surface area contributed by atoms with Gasteiger partial charge in [0.15, 0.2) is 16.6 Å². The van der Waals surface area contributed by atoms with Crippen LogP contribution in [0, 0.1) is 0 Å². The third kappa shape index (κ3) is 12.0. The molecule has 0 aliphatic carbocycles. The van der Waals surface area contributed by atoms with Gasteiger partial charge in [-0.05, 0) is 58.3 Å². The molecule has 0 fully saturated rings. The first kappa shape index (κ1) is 19.5. The summed E-state index contributed by atoms with van der Waals surface area (Å²) in [5.41, 5.74) is 0. The molecule has 0 amide bonds. The molecule has 19 heavy (non-hydrogen) atoms. The first-order valence-electron chi connectivity index (χ1n) is 7.06. The van der Waals surface area contributed by atoms with Crippen molar-refractivity contribution < 1.29 is 20.9 Å². The zero-order chi connectivity index (χ0) is 15.2. The van der Waals surface area contributed by atoms with Crippen molar-refractivity contribution in [2.45, 2.75) is 58.3 Å². The average Bonchev–Trinajstić information content (AvgIpc) is 2.10. The van der Waals surface area contributed by atoms with Crippen molar-refractivity contribution in [3.05, 3.63) is 0 Å². The molecule has 0 unspecified atom stereocenters. The first-order chi connectivity index (χ1) is 8.47. The third-order valence-corrected chi connectivity index (χ3v) is 11.8. The second-order valence-corrected chi connectivity index (χ2v) is 19.9. The van der Waals surface area contributed by atoms with Gasteiger partial charge in [-0.1, -0.05) is 0 Å². The van der Waals surface area contributed by atoms with Gasteiger partial charge in [0.05, 0.1) is 13.2 Å². The molecule has 0 aliphatic rings. The maximum atomic E-state index is 8.68. The van der Waals surface area contributed by atoms with Crippen LogP contribution in [-0.4, -0.2) is 50.1 Å². The average molecular weight is 329 g/mol. The van der Waals surface area contributed by atoms with E-state index in [4.69, 9.17) is 18.1 Å². The van der Waals surface area contributed by atoms with E-state index in [1.807, 2.05) is 0 Å². The summed E-state index contributed by atoms with van der Waals surface area (Å²) < 4.78 is 18.1. The Kier molecular flexibility index (Phi) is 8.27. The molecule has 0 aromatic rings. The lowest BCUT2D eigenvalue weighted by atomic mass is 10.5. The van der Waals surface area contributed by atoms with Gasteiger partial charge in [-0.15, -0.1) is 0 Å². The molecular weight excluding hydrogens is 292 g/mol. The molecule has 0 bridgehead atoms. The van der Waals surface area contributed by atoms with Crippen molar-refractivity contribution >= 4 is 25.2 Å². The predicted octanol–water partition coefficient (Wildman–Crippen LogP) is 3.65. The van der Waals surface area contributed by atoms with Crippen molar-refractivity contribution in [3.8, 4) is 0 Å². The van der Waals surface area contributed by atoms with Crippen LogP contribution in [0.1, 0.15) is 9.27 Å². The van der Waals surface area contributed by atoms with Gasteiger partial charge in [-0.2, -0.15) is 0 Å². The van der Waals surface area contributed by atoms with Gasteiger partial charge >= 0.3 is 8.56 Å². The maximum Gasteiger partial charge on any atom is 0.314 e. The van der Waals surface area contributed by atoms with E-state index in [1.54, 1.807) is 0 Å². The number of ether oxygens (including phenoxy) is 1. The summed E-state index contributed by atoms with van der Waals surface area (Å²) in [5, 5.41) is 8.68. The zero-order valence-electron chi connectivity index (χ0n) is 13.7. The second kappa shape index (κ2) is 8.06. The van der Waals surface area contributed by atoms with Crippen molar-refractivity contribution in [1.29, 1.82) is 0 Å². The zero-order valence-corrected chi connectivity index (χ0v) is 16.7. The minimum Gasteiger partial charge on any atom is -0.437 e. The van der Waals surface area contributed by atoms with Crippen LogP contribution in [0.2, 0.25) is 51.9 Å².